The maximum Gasteiger partial charge on any atom is 0.198 e. The maximum atomic E-state index is 5.79. The standard InChI is InChI=1S/C14H16N2O/c1-9-13(11-6-3-7-12(15)8-11)16-14(17-9)10-4-2-5-10/h3,6-8,10H,2,4-5,15H2,1H3. The van der Waals surface area contributed by atoms with E-state index in [0.717, 1.165) is 28.6 Å². The highest BCUT2D eigenvalue weighted by Crippen LogP contribution is 2.38. The third kappa shape index (κ3) is 1.82. The van der Waals surface area contributed by atoms with Crippen LogP contribution in [-0.2, 0) is 0 Å². The van der Waals surface area contributed by atoms with Crippen LogP contribution < -0.4 is 5.73 Å². The first-order valence-corrected chi connectivity index (χ1v) is 6.07. The number of aryl methyl sites for hydroxylation is 1. The average molecular weight is 228 g/mol. The molecule has 88 valence electrons. The number of nitrogens with zero attached hydrogens (tertiary/aromatic N) is 1. The minimum atomic E-state index is 0.531. The third-order valence-corrected chi connectivity index (χ3v) is 3.43. The molecule has 1 aromatic carbocycles. The van der Waals surface area contributed by atoms with Crippen molar-refractivity contribution in [3.05, 3.63) is 35.9 Å². The van der Waals surface area contributed by atoms with Crippen LogP contribution in [0.4, 0.5) is 5.69 Å². The van der Waals surface area contributed by atoms with Crippen LogP contribution in [0.1, 0.15) is 36.8 Å². The summed E-state index contributed by atoms with van der Waals surface area (Å²) in [6.07, 6.45) is 3.70. The fourth-order valence-corrected chi connectivity index (χ4v) is 2.20. The van der Waals surface area contributed by atoms with Crippen molar-refractivity contribution in [2.75, 3.05) is 5.73 Å². The minimum absolute atomic E-state index is 0.531. The highest BCUT2D eigenvalue weighted by atomic mass is 16.4. The van der Waals surface area contributed by atoms with Crippen molar-refractivity contribution < 1.29 is 4.42 Å². The van der Waals surface area contributed by atoms with Gasteiger partial charge in [-0.3, -0.25) is 0 Å². The molecule has 0 spiro atoms. The largest absolute Gasteiger partial charge is 0.445 e. The van der Waals surface area contributed by atoms with Crippen LogP contribution in [0, 0.1) is 6.92 Å². The lowest BCUT2D eigenvalue weighted by Gasteiger charge is -2.21. The smallest absolute Gasteiger partial charge is 0.198 e. The fourth-order valence-electron chi connectivity index (χ4n) is 2.20. The Hall–Kier alpha value is -1.77. The number of hydrogen-bond donors (Lipinski definition) is 1. The van der Waals surface area contributed by atoms with E-state index in [0.29, 0.717) is 5.92 Å². The maximum absolute atomic E-state index is 5.79. The van der Waals surface area contributed by atoms with Crippen molar-refractivity contribution in [1.82, 2.24) is 4.98 Å². The number of hydrogen-bond acceptors (Lipinski definition) is 3. The van der Waals surface area contributed by atoms with E-state index in [1.54, 1.807) is 0 Å². The normalized spacial score (nSPS) is 15.8. The number of benzene rings is 1. The van der Waals surface area contributed by atoms with Crippen LogP contribution in [0.2, 0.25) is 0 Å². The van der Waals surface area contributed by atoms with Gasteiger partial charge in [-0.05, 0) is 31.9 Å². The van der Waals surface area contributed by atoms with Crippen molar-refractivity contribution in [1.29, 1.82) is 0 Å². The summed E-state index contributed by atoms with van der Waals surface area (Å²) < 4.78 is 5.76. The summed E-state index contributed by atoms with van der Waals surface area (Å²) in [5, 5.41) is 0. The lowest BCUT2D eigenvalue weighted by Crippen LogP contribution is -2.08. The van der Waals surface area contributed by atoms with Gasteiger partial charge >= 0.3 is 0 Å². The number of oxazole rings is 1. The van der Waals surface area contributed by atoms with Crippen molar-refractivity contribution in [3.63, 3.8) is 0 Å². The zero-order chi connectivity index (χ0) is 11.8. The number of nitrogen functional groups attached to an aromatic ring is 1. The van der Waals surface area contributed by atoms with E-state index in [9.17, 15) is 0 Å². The summed E-state index contributed by atoms with van der Waals surface area (Å²) in [7, 11) is 0. The highest BCUT2D eigenvalue weighted by Gasteiger charge is 2.25. The fraction of sp³-hybridized carbons (Fsp3) is 0.357. The summed E-state index contributed by atoms with van der Waals surface area (Å²) in [5.41, 5.74) is 8.52. The van der Waals surface area contributed by atoms with Gasteiger partial charge in [-0.25, -0.2) is 4.98 Å². The number of aromatic nitrogens is 1. The molecule has 0 amide bonds. The van der Waals surface area contributed by atoms with E-state index in [1.807, 2.05) is 31.2 Å². The second kappa shape index (κ2) is 3.91. The van der Waals surface area contributed by atoms with E-state index in [2.05, 4.69) is 4.98 Å². The Morgan fingerprint density at radius 3 is 2.82 bits per heavy atom. The van der Waals surface area contributed by atoms with Gasteiger partial charge in [0.25, 0.3) is 0 Å². The van der Waals surface area contributed by atoms with Gasteiger partial charge in [-0.1, -0.05) is 18.6 Å². The van der Waals surface area contributed by atoms with Gasteiger partial charge in [0.15, 0.2) is 5.89 Å². The predicted molar refractivity (Wildman–Crippen MR) is 67.7 cm³/mol. The first kappa shape index (κ1) is 10.4. The summed E-state index contributed by atoms with van der Waals surface area (Å²) in [4.78, 5) is 4.62. The average Bonchev–Trinajstić information content (AvgIpc) is 2.57. The molecule has 3 heteroatoms. The molecule has 3 rings (SSSR count). The van der Waals surface area contributed by atoms with Gasteiger partial charge in [-0.15, -0.1) is 0 Å². The van der Waals surface area contributed by atoms with E-state index in [4.69, 9.17) is 10.2 Å². The molecule has 1 aliphatic carbocycles. The van der Waals surface area contributed by atoms with Gasteiger partial charge in [0.2, 0.25) is 0 Å². The van der Waals surface area contributed by atoms with Crippen LogP contribution in [0.15, 0.2) is 28.7 Å². The third-order valence-electron chi connectivity index (χ3n) is 3.43. The Labute approximate surface area is 101 Å². The number of anilines is 1. The molecule has 1 aliphatic rings. The van der Waals surface area contributed by atoms with Gasteiger partial charge in [0.1, 0.15) is 11.5 Å². The molecule has 3 nitrogen and oxygen atoms in total. The molecule has 1 heterocycles. The molecule has 1 aromatic heterocycles. The van der Waals surface area contributed by atoms with Gasteiger partial charge in [0, 0.05) is 17.2 Å². The highest BCUT2D eigenvalue weighted by molar-refractivity contribution is 5.65. The lowest BCUT2D eigenvalue weighted by atomic mass is 9.85. The lowest BCUT2D eigenvalue weighted by molar-refractivity contribution is 0.329. The van der Waals surface area contributed by atoms with Gasteiger partial charge < -0.3 is 10.2 Å². The first-order valence-electron chi connectivity index (χ1n) is 6.07. The van der Waals surface area contributed by atoms with E-state index < -0.39 is 0 Å². The van der Waals surface area contributed by atoms with Crippen LogP contribution in [0.3, 0.4) is 0 Å². The molecule has 0 saturated heterocycles. The zero-order valence-corrected chi connectivity index (χ0v) is 9.94. The second-order valence-electron chi connectivity index (χ2n) is 4.71. The molecule has 0 bridgehead atoms. The topological polar surface area (TPSA) is 52.0 Å². The summed E-state index contributed by atoms with van der Waals surface area (Å²) in [6.45, 7) is 1.97. The zero-order valence-electron chi connectivity index (χ0n) is 9.94. The molecule has 2 N–H and O–H groups in total. The molecule has 2 aromatic rings. The van der Waals surface area contributed by atoms with Crippen molar-refractivity contribution in [2.45, 2.75) is 32.1 Å². The van der Waals surface area contributed by atoms with E-state index in [1.165, 1.54) is 19.3 Å². The predicted octanol–water partition coefficient (Wildman–Crippen LogP) is 3.50. The molecule has 0 unspecified atom stereocenters. The van der Waals surface area contributed by atoms with Crippen LogP contribution >= 0.6 is 0 Å². The molecule has 0 atom stereocenters. The SMILES string of the molecule is Cc1oc(C2CCC2)nc1-c1cccc(N)c1. The van der Waals surface area contributed by atoms with Crippen molar-refractivity contribution in [2.24, 2.45) is 0 Å². The monoisotopic (exact) mass is 228 g/mol. The minimum Gasteiger partial charge on any atom is -0.445 e. The molecule has 17 heavy (non-hydrogen) atoms. The molecular weight excluding hydrogens is 212 g/mol. The number of rotatable bonds is 2. The molecule has 0 radical (unpaired) electrons. The summed E-state index contributed by atoms with van der Waals surface area (Å²) in [5.74, 6) is 2.31. The van der Waals surface area contributed by atoms with Crippen LogP contribution in [0.25, 0.3) is 11.3 Å². The Balaban J connectivity index is 1.99. The van der Waals surface area contributed by atoms with Gasteiger partial charge in [-0.2, -0.15) is 0 Å². The number of nitrogens with two attached hydrogens (primary N) is 1. The Bertz CT molecular complexity index is 541. The summed E-state index contributed by atoms with van der Waals surface area (Å²) >= 11 is 0. The van der Waals surface area contributed by atoms with Gasteiger partial charge in [0.05, 0.1) is 0 Å². The van der Waals surface area contributed by atoms with Crippen LogP contribution in [-0.4, -0.2) is 4.98 Å². The molecular formula is C14H16N2O. The van der Waals surface area contributed by atoms with Crippen molar-refractivity contribution in [3.8, 4) is 11.3 Å². The van der Waals surface area contributed by atoms with Crippen molar-refractivity contribution >= 4 is 5.69 Å². The second-order valence-corrected chi connectivity index (χ2v) is 4.71. The first-order chi connectivity index (χ1) is 8.24. The molecule has 1 saturated carbocycles. The molecule has 1 fully saturated rings. The van der Waals surface area contributed by atoms with E-state index >= 15 is 0 Å². The molecule has 0 aliphatic heterocycles. The quantitative estimate of drug-likeness (QED) is 0.800. The Kier molecular flexibility index (Phi) is 2.39. The van der Waals surface area contributed by atoms with E-state index in [-0.39, 0.29) is 0 Å². The van der Waals surface area contributed by atoms with Crippen LogP contribution in [0.5, 0.6) is 0 Å². The Morgan fingerprint density at radius 2 is 2.18 bits per heavy atom. The Morgan fingerprint density at radius 1 is 1.35 bits per heavy atom. The summed E-state index contributed by atoms with van der Waals surface area (Å²) in [6, 6.07) is 7.79.